The average Bonchev–Trinajstić information content (AvgIpc) is 2.28. The lowest BCUT2D eigenvalue weighted by molar-refractivity contribution is -0.459. The Morgan fingerprint density at radius 2 is 1.88 bits per heavy atom. The average molecular weight is 236 g/mol. The molecule has 0 amide bonds. The molecule has 0 aromatic heterocycles. The Morgan fingerprint density at radius 1 is 1.41 bits per heavy atom. The smallest absolute Gasteiger partial charge is 0.290 e. The maximum atomic E-state index is 10.7. The van der Waals surface area contributed by atoms with Crippen LogP contribution in [0.1, 0.15) is 0 Å². The van der Waals surface area contributed by atoms with Crippen molar-refractivity contribution in [3.8, 4) is 6.07 Å². The molecule has 0 bridgehead atoms. The number of rotatable bonds is 4. The SMILES string of the molecule is C=CCN1C=C([N+](=O)[O-])C(C#N)C([N+](=O)[O-])=C1. The van der Waals surface area contributed by atoms with Crippen LogP contribution in [0.25, 0.3) is 0 Å². The van der Waals surface area contributed by atoms with Crippen LogP contribution in [0.5, 0.6) is 0 Å². The zero-order valence-corrected chi connectivity index (χ0v) is 8.65. The normalized spacial score (nSPS) is 15.6. The van der Waals surface area contributed by atoms with Crippen LogP contribution in [0.15, 0.2) is 36.4 Å². The van der Waals surface area contributed by atoms with Crippen LogP contribution >= 0.6 is 0 Å². The number of nitriles is 1. The largest absolute Gasteiger partial charge is 0.339 e. The van der Waals surface area contributed by atoms with Gasteiger partial charge in [0.15, 0.2) is 0 Å². The Balaban J connectivity index is 3.22. The van der Waals surface area contributed by atoms with E-state index in [1.165, 1.54) is 11.0 Å². The predicted molar refractivity (Wildman–Crippen MR) is 56.2 cm³/mol. The van der Waals surface area contributed by atoms with Crippen LogP contribution in [0.4, 0.5) is 0 Å². The van der Waals surface area contributed by atoms with Crippen molar-refractivity contribution >= 4 is 0 Å². The van der Waals surface area contributed by atoms with E-state index in [-0.39, 0.29) is 6.54 Å². The standard InChI is InChI=1S/C9H8N4O4/c1-2-3-11-5-8(12(14)15)7(4-10)9(6-11)13(16)17/h2,5-7H,1,3H2. The zero-order valence-electron chi connectivity index (χ0n) is 8.65. The van der Waals surface area contributed by atoms with Crippen LogP contribution in [-0.4, -0.2) is 21.3 Å². The molecule has 0 saturated heterocycles. The molecule has 17 heavy (non-hydrogen) atoms. The highest BCUT2D eigenvalue weighted by Gasteiger charge is 2.40. The molecule has 0 unspecified atom stereocenters. The summed E-state index contributed by atoms with van der Waals surface area (Å²) in [5.74, 6) is -1.46. The molecule has 0 atom stereocenters. The van der Waals surface area contributed by atoms with E-state index in [2.05, 4.69) is 6.58 Å². The van der Waals surface area contributed by atoms with Crippen molar-refractivity contribution in [2.45, 2.75) is 0 Å². The van der Waals surface area contributed by atoms with Crippen molar-refractivity contribution < 1.29 is 9.85 Å². The number of hydrogen-bond donors (Lipinski definition) is 0. The number of hydrogen-bond acceptors (Lipinski definition) is 6. The second-order valence-corrected chi connectivity index (χ2v) is 3.17. The van der Waals surface area contributed by atoms with Gasteiger partial charge in [0.25, 0.3) is 11.4 Å². The van der Waals surface area contributed by atoms with E-state index in [0.29, 0.717) is 0 Å². The van der Waals surface area contributed by atoms with E-state index in [0.717, 1.165) is 12.4 Å². The van der Waals surface area contributed by atoms with Crippen molar-refractivity contribution in [1.82, 2.24) is 4.90 Å². The molecule has 0 aliphatic carbocycles. The molecule has 0 saturated carbocycles. The minimum atomic E-state index is -1.46. The van der Waals surface area contributed by atoms with Crippen LogP contribution in [0.2, 0.25) is 0 Å². The summed E-state index contributed by atoms with van der Waals surface area (Å²) in [5.41, 5.74) is -1.02. The maximum Gasteiger partial charge on any atom is 0.290 e. The van der Waals surface area contributed by atoms with Gasteiger partial charge in [-0.3, -0.25) is 20.2 Å². The Morgan fingerprint density at radius 3 is 2.18 bits per heavy atom. The minimum Gasteiger partial charge on any atom is -0.339 e. The third kappa shape index (κ3) is 2.46. The van der Waals surface area contributed by atoms with Crippen LogP contribution in [-0.2, 0) is 0 Å². The molecule has 0 spiro atoms. The van der Waals surface area contributed by atoms with Gasteiger partial charge in [-0.15, -0.1) is 6.58 Å². The first-order valence-corrected chi connectivity index (χ1v) is 4.49. The van der Waals surface area contributed by atoms with Crippen LogP contribution in [0, 0.1) is 37.5 Å². The van der Waals surface area contributed by atoms with Crippen LogP contribution < -0.4 is 0 Å². The summed E-state index contributed by atoms with van der Waals surface area (Å²) in [4.78, 5) is 21.1. The maximum absolute atomic E-state index is 10.7. The Hall–Kier alpha value is -2.69. The summed E-state index contributed by atoms with van der Waals surface area (Å²) in [6.45, 7) is 3.62. The van der Waals surface area contributed by atoms with Gasteiger partial charge in [-0.1, -0.05) is 6.08 Å². The molecule has 1 aliphatic rings. The molecular weight excluding hydrogens is 228 g/mol. The lowest BCUT2D eigenvalue weighted by Gasteiger charge is -2.18. The van der Waals surface area contributed by atoms with E-state index in [9.17, 15) is 20.2 Å². The fraction of sp³-hybridized carbons (Fsp3) is 0.222. The Bertz CT molecular complexity index is 442. The topological polar surface area (TPSA) is 113 Å². The number of nitro groups is 2. The molecule has 8 heteroatoms. The molecule has 0 radical (unpaired) electrons. The van der Waals surface area contributed by atoms with Gasteiger partial charge < -0.3 is 4.90 Å². The molecule has 88 valence electrons. The monoisotopic (exact) mass is 236 g/mol. The first-order chi connectivity index (χ1) is 8.01. The summed E-state index contributed by atoms with van der Waals surface area (Å²) in [6, 6.07) is 1.56. The second-order valence-electron chi connectivity index (χ2n) is 3.17. The quantitative estimate of drug-likeness (QED) is 0.406. The lowest BCUT2D eigenvalue weighted by Crippen LogP contribution is -2.27. The zero-order chi connectivity index (χ0) is 13.0. The second kappa shape index (κ2) is 4.89. The van der Waals surface area contributed by atoms with E-state index in [1.807, 2.05) is 0 Å². The van der Waals surface area contributed by atoms with E-state index in [1.54, 1.807) is 6.07 Å². The highest BCUT2D eigenvalue weighted by atomic mass is 16.6. The van der Waals surface area contributed by atoms with Gasteiger partial charge in [-0.05, 0) is 0 Å². The van der Waals surface area contributed by atoms with Crippen molar-refractivity contribution in [2.24, 2.45) is 5.92 Å². The van der Waals surface area contributed by atoms with Gasteiger partial charge in [0.1, 0.15) is 0 Å². The van der Waals surface area contributed by atoms with E-state index in [4.69, 9.17) is 5.26 Å². The summed E-state index contributed by atoms with van der Waals surface area (Å²) in [7, 11) is 0. The first kappa shape index (κ1) is 12.4. The van der Waals surface area contributed by atoms with Crippen LogP contribution in [0.3, 0.4) is 0 Å². The van der Waals surface area contributed by atoms with Crippen molar-refractivity contribution in [3.63, 3.8) is 0 Å². The lowest BCUT2D eigenvalue weighted by atomic mass is 10.0. The van der Waals surface area contributed by atoms with Gasteiger partial charge in [0.2, 0.25) is 5.92 Å². The third-order valence-corrected chi connectivity index (χ3v) is 2.08. The molecule has 8 nitrogen and oxygen atoms in total. The van der Waals surface area contributed by atoms with Gasteiger partial charge in [0.05, 0.1) is 28.3 Å². The van der Waals surface area contributed by atoms with Crippen molar-refractivity contribution in [2.75, 3.05) is 6.54 Å². The molecule has 0 N–H and O–H groups in total. The molecule has 1 aliphatic heterocycles. The summed E-state index contributed by atoms with van der Waals surface area (Å²) in [5, 5.41) is 30.2. The highest BCUT2D eigenvalue weighted by molar-refractivity contribution is 5.25. The molecule has 0 fully saturated rings. The van der Waals surface area contributed by atoms with Gasteiger partial charge in [-0.2, -0.15) is 5.26 Å². The fourth-order valence-electron chi connectivity index (χ4n) is 1.37. The third-order valence-electron chi connectivity index (χ3n) is 2.08. The minimum absolute atomic E-state index is 0.187. The first-order valence-electron chi connectivity index (χ1n) is 4.49. The van der Waals surface area contributed by atoms with E-state index < -0.39 is 27.2 Å². The Labute approximate surface area is 96.0 Å². The summed E-state index contributed by atoms with van der Waals surface area (Å²) < 4.78 is 0. The molecule has 1 heterocycles. The molecule has 0 aromatic carbocycles. The Kier molecular flexibility index (Phi) is 3.56. The van der Waals surface area contributed by atoms with Gasteiger partial charge in [0, 0.05) is 6.54 Å². The van der Waals surface area contributed by atoms with E-state index >= 15 is 0 Å². The molecular formula is C9H8N4O4. The van der Waals surface area contributed by atoms with Gasteiger partial charge in [-0.25, -0.2) is 0 Å². The summed E-state index contributed by atoms with van der Waals surface area (Å²) >= 11 is 0. The fourth-order valence-corrected chi connectivity index (χ4v) is 1.37. The van der Waals surface area contributed by atoms with Crippen molar-refractivity contribution in [3.05, 3.63) is 56.7 Å². The molecule has 0 aromatic rings. The highest BCUT2D eigenvalue weighted by Crippen LogP contribution is 2.26. The molecule has 1 rings (SSSR count). The number of nitrogens with zero attached hydrogens (tertiary/aromatic N) is 4. The summed E-state index contributed by atoms with van der Waals surface area (Å²) in [6.07, 6.45) is 3.64. The van der Waals surface area contributed by atoms with Gasteiger partial charge >= 0.3 is 0 Å². The predicted octanol–water partition coefficient (Wildman–Crippen LogP) is 0.864. The van der Waals surface area contributed by atoms with Crippen molar-refractivity contribution in [1.29, 1.82) is 5.26 Å².